The average Bonchev–Trinajstić information content (AvgIpc) is 2.57. The normalized spacial score (nSPS) is 24.5. The van der Waals surface area contributed by atoms with Gasteiger partial charge in [-0.25, -0.2) is 8.78 Å². The van der Waals surface area contributed by atoms with E-state index in [0.717, 1.165) is 31.4 Å². The van der Waals surface area contributed by atoms with Crippen LogP contribution in [0.4, 0.5) is 8.78 Å². The summed E-state index contributed by atoms with van der Waals surface area (Å²) in [6.07, 6.45) is 4.03. The maximum Gasteiger partial charge on any atom is 0.242 e. The van der Waals surface area contributed by atoms with Crippen LogP contribution >= 0.6 is 0 Å². The second-order valence-electron chi connectivity index (χ2n) is 6.50. The number of amides is 1. The number of ether oxygens (including phenoxy) is 1. The predicted molar refractivity (Wildman–Crippen MR) is 81.6 cm³/mol. The molecule has 2 fully saturated rings. The van der Waals surface area contributed by atoms with Crippen LogP contribution in [0.2, 0.25) is 0 Å². The quantitative estimate of drug-likeness (QED) is 0.909. The molecule has 1 aromatic rings. The number of benzene rings is 1. The van der Waals surface area contributed by atoms with Gasteiger partial charge in [-0.2, -0.15) is 0 Å². The molecule has 1 atom stereocenters. The summed E-state index contributed by atoms with van der Waals surface area (Å²) >= 11 is 0. The Labute approximate surface area is 134 Å². The molecular formula is C17H22F2N2O2. The molecule has 0 spiro atoms. The van der Waals surface area contributed by atoms with Gasteiger partial charge in [0.2, 0.25) is 5.91 Å². The summed E-state index contributed by atoms with van der Waals surface area (Å²) in [5.41, 5.74) is 6.07. The van der Waals surface area contributed by atoms with E-state index in [-0.39, 0.29) is 5.91 Å². The van der Waals surface area contributed by atoms with E-state index in [4.69, 9.17) is 10.5 Å². The third kappa shape index (κ3) is 3.38. The minimum Gasteiger partial charge on any atom is -0.370 e. The van der Waals surface area contributed by atoms with Crippen LogP contribution in [0.15, 0.2) is 18.2 Å². The topological polar surface area (TPSA) is 55.6 Å². The highest BCUT2D eigenvalue weighted by Crippen LogP contribution is 2.30. The standard InChI is InChI=1S/C17H22F2N2O2/c18-13-5-4-12(10-14(13)19)15-11-21(8-9-23-15)16(22)17(20)6-2-1-3-7-17/h4-5,10,15H,1-3,6-9,11,20H2. The van der Waals surface area contributed by atoms with Gasteiger partial charge >= 0.3 is 0 Å². The van der Waals surface area contributed by atoms with Crippen molar-refractivity contribution >= 4 is 5.91 Å². The fraction of sp³-hybridized carbons (Fsp3) is 0.588. The van der Waals surface area contributed by atoms with Gasteiger partial charge in [-0.1, -0.05) is 25.3 Å². The minimum atomic E-state index is -0.905. The van der Waals surface area contributed by atoms with Crippen molar-refractivity contribution in [3.05, 3.63) is 35.4 Å². The second-order valence-corrected chi connectivity index (χ2v) is 6.50. The number of nitrogens with two attached hydrogens (primary N) is 1. The highest BCUT2D eigenvalue weighted by molar-refractivity contribution is 5.86. The number of nitrogens with zero attached hydrogens (tertiary/aromatic N) is 1. The molecular weight excluding hydrogens is 302 g/mol. The molecule has 1 heterocycles. The maximum absolute atomic E-state index is 13.4. The molecule has 0 aromatic heterocycles. The molecule has 1 saturated heterocycles. The van der Waals surface area contributed by atoms with Crippen LogP contribution in [0.5, 0.6) is 0 Å². The van der Waals surface area contributed by atoms with Crippen LogP contribution in [0.25, 0.3) is 0 Å². The Morgan fingerprint density at radius 1 is 1.22 bits per heavy atom. The lowest BCUT2D eigenvalue weighted by atomic mass is 9.81. The van der Waals surface area contributed by atoms with E-state index >= 15 is 0 Å². The molecule has 4 nitrogen and oxygen atoms in total. The number of morpholine rings is 1. The first-order valence-corrected chi connectivity index (χ1v) is 8.14. The molecule has 23 heavy (non-hydrogen) atoms. The maximum atomic E-state index is 13.4. The van der Waals surface area contributed by atoms with Crippen molar-refractivity contribution in [3.8, 4) is 0 Å². The fourth-order valence-corrected chi connectivity index (χ4v) is 3.46. The van der Waals surface area contributed by atoms with E-state index in [0.29, 0.717) is 38.1 Å². The summed E-state index contributed by atoms with van der Waals surface area (Å²) in [5, 5.41) is 0. The molecule has 2 aliphatic rings. The molecule has 1 saturated carbocycles. The van der Waals surface area contributed by atoms with Crippen LogP contribution in [0.3, 0.4) is 0 Å². The van der Waals surface area contributed by atoms with Crippen molar-refractivity contribution in [1.29, 1.82) is 0 Å². The molecule has 6 heteroatoms. The number of carbonyl (C=O) groups excluding carboxylic acids is 1. The zero-order chi connectivity index (χ0) is 16.4. The van der Waals surface area contributed by atoms with Crippen molar-refractivity contribution in [1.82, 2.24) is 4.90 Å². The Morgan fingerprint density at radius 3 is 2.65 bits per heavy atom. The van der Waals surface area contributed by atoms with Crippen molar-refractivity contribution < 1.29 is 18.3 Å². The molecule has 1 aliphatic heterocycles. The van der Waals surface area contributed by atoms with Crippen molar-refractivity contribution in [3.63, 3.8) is 0 Å². The molecule has 126 valence electrons. The van der Waals surface area contributed by atoms with Crippen LogP contribution in [-0.4, -0.2) is 36.0 Å². The van der Waals surface area contributed by atoms with Gasteiger partial charge in [0.1, 0.15) is 6.10 Å². The van der Waals surface area contributed by atoms with E-state index in [2.05, 4.69) is 0 Å². The Morgan fingerprint density at radius 2 is 1.96 bits per heavy atom. The summed E-state index contributed by atoms with van der Waals surface area (Å²) in [6.45, 7) is 1.17. The van der Waals surface area contributed by atoms with E-state index < -0.39 is 23.3 Å². The van der Waals surface area contributed by atoms with Crippen molar-refractivity contribution in [2.75, 3.05) is 19.7 Å². The van der Waals surface area contributed by atoms with E-state index in [1.165, 1.54) is 6.07 Å². The zero-order valence-electron chi connectivity index (χ0n) is 13.1. The summed E-state index contributed by atoms with van der Waals surface area (Å²) < 4.78 is 32.1. The minimum absolute atomic E-state index is 0.0481. The van der Waals surface area contributed by atoms with E-state index in [1.54, 1.807) is 4.90 Å². The summed E-state index contributed by atoms with van der Waals surface area (Å²) in [5.74, 6) is -1.84. The Hall–Kier alpha value is -1.53. The molecule has 1 aliphatic carbocycles. The lowest BCUT2D eigenvalue weighted by Gasteiger charge is -2.40. The SMILES string of the molecule is NC1(C(=O)N2CCOC(c3ccc(F)c(F)c3)C2)CCCCC1. The third-order valence-electron chi connectivity index (χ3n) is 4.84. The molecule has 2 N–H and O–H groups in total. The van der Waals surface area contributed by atoms with Gasteiger partial charge in [-0.3, -0.25) is 4.79 Å². The van der Waals surface area contributed by atoms with Crippen molar-refractivity contribution in [2.45, 2.75) is 43.7 Å². The van der Waals surface area contributed by atoms with Gasteiger partial charge in [0.25, 0.3) is 0 Å². The smallest absolute Gasteiger partial charge is 0.242 e. The Balaban J connectivity index is 1.72. The van der Waals surface area contributed by atoms with Crippen LogP contribution in [0.1, 0.15) is 43.8 Å². The molecule has 0 bridgehead atoms. The highest BCUT2D eigenvalue weighted by atomic mass is 19.2. The van der Waals surface area contributed by atoms with Crippen LogP contribution in [-0.2, 0) is 9.53 Å². The van der Waals surface area contributed by atoms with Gasteiger partial charge in [-0.15, -0.1) is 0 Å². The zero-order valence-corrected chi connectivity index (χ0v) is 13.1. The predicted octanol–water partition coefficient (Wildman–Crippen LogP) is 2.53. The highest BCUT2D eigenvalue weighted by Gasteiger charge is 2.40. The third-order valence-corrected chi connectivity index (χ3v) is 4.84. The average molecular weight is 324 g/mol. The molecule has 3 rings (SSSR count). The van der Waals surface area contributed by atoms with E-state index in [9.17, 15) is 13.6 Å². The Bertz CT molecular complexity index is 588. The van der Waals surface area contributed by atoms with Gasteiger partial charge in [0.15, 0.2) is 11.6 Å². The van der Waals surface area contributed by atoms with Gasteiger partial charge in [-0.05, 0) is 30.5 Å². The van der Waals surface area contributed by atoms with E-state index in [1.807, 2.05) is 0 Å². The lowest BCUT2D eigenvalue weighted by molar-refractivity contribution is -0.146. The van der Waals surface area contributed by atoms with Gasteiger partial charge in [0.05, 0.1) is 18.7 Å². The number of hydrogen-bond donors (Lipinski definition) is 1. The van der Waals surface area contributed by atoms with Gasteiger partial charge in [0, 0.05) is 6.54 Å². The number of carbonyl (C=O) groups is 1. The monoisotopic (exact) mass is 324 g/mol. The van der Waals surface area contributed by atoms with Crippen molar-refractivity contribution in [2.24, 2.45) is 5.73 Å². The number of rotatable bonds is 2. The summed E-state index contributed by atoms with van der Waals surface area (Å²) in [7, 11) is 0. The summed E-state index contributed by atoms with van der Waals surface area (Å²) in [4.78, 5) is 14.5. The number of halogens is 2. The van der Waals surface area contributed by atoms with Crippen LogP contribution in [0, 0.1) is 11.6 Å². The van der Waals surface area contributed by atoms with Crippen LogP contribution < -0.4 is 5.73 Å². The Kier molecular flexibility index (Phi) is 4.64. The lowest BCUT2D eigenvalue weighted by Crippen LogP contribution is -2.58. The molecule has 1 unspecified atom stereocenters. The first kappa shape index (κ1) is 16.3. The summed E-state index contributed by atoms with van der Waals surface area (Å²) in [6, 6.07) is 3.71. The number of hydrogen-bond acceptors (Lipinski definition) is 3. The molecule has 1 aromatic carbocycles. The first-order valence-electron chi connectivity index (χ1n) is 8.14. The molecule has 1 amide bonds. The molecule has 0 radical (unpaired) electrons. The largest absolute Gasteiger partial charge is 0.370 e. The fourth-order valence-electron chi connectivity index (χ4n) is 3.46. The second kappa shape index (κ2) is 6.53. The first-order chi connectivity index (χ1) is 11.0. The van der Waals surface area contributed by atoms with Gasteiger partial charge < -0.3 is 15.4 Å².